The third-order valence-corrected chi connectivity index (χ3v) is 9.79. The zero-order chi connectivity index (χ0) is 27.3. The molecule has 1 N–H and O–H groups in total. The van der Waals surface area contributed by atoms with Crippen LogP contribution >= 0.6 is 0 Å². The molecule has 2 aromatic carbocycles. The van der Waals surface area contributed by atoms with E-state index in [9.17, 15) is 17.6 Å². The van der Waals surface area contributed by atoms with E-state index in [2.05, 4.69) is 24.3 Å². The lowest BCUT2D eigenvalue weighted by Crippen LogP contribution is -2.37. The highest BCUT2D eigenvalue weighted by atomic mass is 32.2. The van der Waals surface area contributed by atoms with Crippen molar-refractivity contribution in [1.29, 1.82) is 0 Å². The fraction of sp³-hybridized carbons (Fsp3) is 0.552. The first-order chi connectivity index (χ1) is 18.1. The van der Waals surface area contributed by atoms with Crippen LogP contribution in [0.25, 0.3) is 0 Å². The van der Waals surface area contributed by atoms with Gasteiger partial charge in [0.25, 0.3) is 0 Å². The van der Waals surface area contributed by atoms with Gasteiger partial charge in [-0.25, -0.2) is 12.8 Å². The van der Waals surface area contributed by atoms with Crippen molar-refractivity contribution in [2.75, 3.05) is 40.3 Å². The first-order valence-electron chi connectivity index (χ1n) is 13.5. The van der Waals surface area contributed by atoms with Gasteiger partial charge in [0.15, 0.2) is 0 Å². The van der Waals surface area contributed by atoms with E-state index in [4.69, 9.17) is 4.74 Å². The number of carbonyl (C=O) groups excluding carboxylic acids is 1. The number of sulfonamides is 1. The van der Waals surface area contributed by atoms with Crippen LogP contribution in [0.2, 0.25) is 0 Å². The first-order valence-corrected chi connectivity index (χ1v) is 14.9. The summed E-state index contributed by atoms with van der Waals surface area (Å²) in [7, 11) is 0.588. The van der Waals surface area contributed by atoms with Gasteiger partial charge in [-0.15, -0.1) is 0 Å². The molecule has 1 aliphatic heterocycles. The van der Waals surface area contributed by atoms with Gasteiger partial charge in [-0.2, -0.15) is 4.31 Å². The number of halogens is 1. The highest BCUT2D eigenvalue weighted by Gasteiger charge is 2.34. The maximum absolute atomic E-state index is 13.4. The van der Waals surface area contributed by atoms with Crippen LogP contribution in [0.1, 0.15) is 49.3 Å². The number of nitrogens with zero attached hydrogens (tertiary/aromatic N) is 2. The minimum atomic E-state index is -3.55. The zero-order valence-electron chi connectivity index (χ0n) is 22.6. The molecule has 9 heteroatoms. The van der Waals surface area contributed by atoms with Gasteiger partial charge in [0.2, 0.25) is 15.9 Å². The lowest BCUT2D eigenvalue weighted by molar-refractivity contribution is -0.127. The maximum Gasteiger partial charge on any atom is 0.246 e. The Bertz CT molecular complexity index is 1160. The van der Waals surface area contributed by atoms with Crippen molar-refractivity contribution in [3.8, 4) is 0 Å². The number of rotatable bonds is 10. The molecule has 2 fully saturated rings. The van der Waals surface area contributed by atoms with E-state index in [1.54, 1.807) is 24.3 Å². The molecule has 208 valence electrons. The molecule has 1 saturated heterocycles. The van der Waals surface area contributed by atoms with Crippen LogP contribution in [0.3, 0.4) is 0 Å². The monoisotopic (exact) mass is 545 g/mol. The molecule has 1 saturated carbocycles. The van der Waals surface area contributed by atoms with Gasteiger partial charge in [0, 0.05) is 25.7 Å². The minimum absolute atomic E-state index is 0.0638. The summed E-state index contributed by atoms with van der Waals surface area (Å²) in [4.78, 5) is 14.9. The SMILES string of the molecule is Cc1ccc(S(=O)(=O)N2CCC(OCC(=O)NCC3CCC(C(c4ccc(F)cc4)N(C)C)CC3)C2)cc1. The van der Waals surface area contributed by atoms with Crippen molar-refractivity contribution in [2.45, 2.75) is 56.1 Å². The van der Waals surface area contributed by atoms with Crippen LogP contribution in [-0.2, 0) is 19.6 Å². The van der Waals surface area contributed by atoms with Gasteiger partial charge >= 0.3 is 0 Å². The highest BCUT2D eigenvalue weighted by Crippen LogP contribution is 2.39. The second kappa shape index (κ2) is 12.7. The summed E-state index contributed by atoms with van der Waals surface area (Å²) >= 11 is 0. The Balaban J connectivity index is 1.17. The molecule has 2 aromatic rings. The van der Waals surface area contributed by atoms with Crippen molar-refractivity contribution in [2.24, 2.45) is 11.8 Å². The van der Waals surface area contributed by atoms with Crippen molar-refractivity contribution >= 4 is 15.9 Å². The highest BCUT2D eigenvalue weighted by molar-refractivity contribution is 7.89. The quantitative estimate of drug-likeness (QED) is 0.486. The van der Waals surface area contributed by atoms with Crippen molar-refractivity contribution in [3.05, 3.63) is 65.5 Å². The Kier molecular flexibility index (Phi) is 9.57. The summed E-state index contributed by atoms with van der Waals surface area (Å²) in [6.07, 6.45) is 4.47. The summed E-state index contributed by atoms with van der Waals surface area (Å²) in [5.74, 6) is 0.539. The molecule has 0 radical (unpaired) electrons. The van der Waals surface area contributed by atoms with Gasteiger partial charge in [0.05, 0.1) is 11.0 Å². The summed E-state index contributed by atoms with van der Waals surface area (Å²) in [5.41, 5.74) is 2.15. The lowest BCUT2D eigenvalue weighted by Gasteiger charge is -2.37. The van der Waals surface area contributed by atoms with Gasteiger partial charge in [-0.1, -0.05) is 29.8 Å². The number of hydrogen-bond donors (Lipinski definition) is 1. The average molecular weight is 546 g/mol. The number of hydrogen-bond acceptors (Lipinski definition) is 5. The zero-order valence-corrected chi connectivity index (χ0v) is 23.4. The molecule has 7 nitrogen and oxygen atoms in total. The van der Waals surface area contributed by atoms with Gasteiger partial charge < -0.3 is 15.0 Å². The molecule has 0 spiro atoms. The molecule has 1 aliphatic carbocycles. The first kappa shape index (κ1) is 28.7. The number of ether oxygens (including phenoxy) is 1. The second-order valence-corrected chi connectivity index (χ2v) is 12.9. The number of amides is 1. The normalized spacial score (nSPS) is 23.4. The average Bonchev–Trinajstić information content (AvgIpc) is 3.38. The lowest BCUT2D eigenvalue weighted by atomic mass is 9.76. The van der Waals surface area contributed by atoms with E-state index in [1.165, 1.54) is 16.4 Å². The molecule has 2 aliphatic rings. The molecular weight excluding hydrogens is 505 g/mol. The number of carbonyl (C=O) groups is 1. The predicted molar refractivity (Wildman–Crippen MR) is 146 cm³/mol. The Morgan fingerprint density at radius 3 is 2.34 bits per heavy atom. The third kappa shape index (κ3) is 7.20. The molecule has 2 unspecified atom stereocenters. The van der Waals surface area contributed by atoms with Crippen LogP contribution in [0.5, 0.6) is 0 Å². The topological polar surface area (TPSA) is 78.9 Å². The second-order valence-electron chi connectivity index (χ2n) is 10.9. The largest absolute Gasteiger partial charge is 0.367 e. The molecule has 1 heterocycles. The third-order valence-electron chi connectivity index (χ3n) is 7.91. The number of aryl methyl sites for hydroxylation is 1. The standard InChI is InChI=1S/C29H40FN3O4S/c1-21-4-14-27(15-5-21)38(35,36)33-17-16-26(19-33)37-20-28(34)31-18-22-6-8-23(9-7-22)29(32(2)3)24-10-12-25(30)13-11-24/h4-5,10-15,22-23,26,29H,6-9,16-20H2,1-3H3,(H,31,34). The predicted octanol–water partition coefficient (Wildman–Crippen LogP) is 4.14. The van der Waals surface area contributed by atoms with E-state index in [0.717, 1.165) is 36.8 Å². The summed E-state index contributed by atoms with van der Waals surface area (Å²) in [6.45, 7) is 3.12. The van der Waals surface area contributed by atoms with Crippen LogP contribution < -0.4 is 5.32 Å². The van der Waals surface area contributed by atoms with Crippen molar-refractivity contribution in [3.63, 3.8) is 0 Å². The molecule has 4 rings (SSSR count). The molecule has 0 aromatic heterocycles. The van der Waals surface area contributed by atoms with Crippen LogP contribution in [0.15, 0.2) is 53.4 Å². The smallest absolute Gasteiger partial charge is 0.246 e. The molecule has 0 bridgehead atoms. The van der Waals surface area contributed by atoms with E-state index in [0.29, 0.717) is 31.3 Å². The summed E-state index contributed by atoms with van der Waals surface area (Å²) in [6, 6.07) is 13.9. The maximum atomic E-state index is 13.4. The van der Waals surface area contributed by atoms with Gasteiger partial charge in [-0.05, 0) is 94.8 Å². The fourth-order valence-corrected chi connectivity index (χ4v) is 7.26. The van der Waals surface area contributed by atoms with Crippen LogP contribution in [-0.4, -0.2) is 70.0 Å². The van der Waals surface area contributed by atoms with Crippen molar-refractivity contribution in [1.82, 2.24) is 14.5 Å². The molecule has 1 amide bonds. The Hall–Kier alpha value is -2.33. The number of nitrogens with one attached hydrogen (secondary N) is 1. The fourth-order valence-electron chi connectivity index (χ4n) is 5.77. The van der Waals surface area contributed by atoms with Crippen LogP contribution in [0.4, 0.5) is 4.39 Å². The Morgan fingerprint density at radius 2 is 1.71 bits per heavy atom. The van der Waals surface area contributed by atoms with E-state index in [1.807, 2.05) is 19.1 Å². The van der Waals surface area contributed by atoms with E-state index >= 15 is 0 Å². The molecular formula is C29H40FN3O4S. The summed E-state index contributed by atoms with van der Waals surface area (Å²) < 4.78 is 46.4. The summed E-state index contributed by atoms with van der Waals surface area (Å²) in [5, 5.41) is 3.01. The van der Waals surface area contributed by atoms with Gasteiger partial charge in [0.1, 0.15) is 12.4 Å². The molecule has 2 atom stereocenters. The molecule has 38 heavy (non-hydrogen) atoms. The van der Waals surface area contributed by atoms with E-state index in [-0.39, 0.29) is 41.9 Å². The van der Waals surface area contributed by atoms with Crippen molar-refractivity contribution < 1.29 is 22.3 Å². The van der Waals surface area contributed by atoms with Gasteiger partial charge in [-0.3, -0.25) is 4.79 Å². The minimum Gasteiger partial charge on any atom is -0.367 e. The Labute approximate surface area is 226 Å². The number of benzene rings is 2. The Morgan fingerprint density at radius 1 is 1.05 bits per heavy atom. The van der Waals surface area contributed by atoms with E-state index < -0.39 is 10.0 Å². The van der Waals surface area contributed by atoms with Crippen LogP contribution in [0, 0.1) is 24.6 Å².